The molecule has 32 heavy (non-hydrogen) atoms. The Morgan fingerprint density at radius 2 is 1.88 bits per heavy atom. The Hall–Kier alpha value is -2.29. The van der Waals surface area contributed by atoms with Gasteiger partial charge in [-0.1, -0.05) is 20.8 Å². The van der Waals surface area contributed by atoms with Gasteiger partial charge < -0.3 is 10.6 Å². The van der Waals surface area contributed by atoms with E-state index in [0.717, 1.165) is 30.7 Å². The molecule has 2 unspecified atom stereocenters. The van der Waals surface area contributed by atoms with E-state index in [1.54, 1.807) is 6.08 Å². The quantitative estimate of drug-likeness (QED) is 0.234. The number of amides is 2. The molecule has 1 aliphatic carbocycles. The van der Waals surface area contributed by atoms with Gasteiger partial charge in [-0.25, -0.2) is 19.1 Å². The first kappa shape index (κ1) is 26.0. The highest BCUT2D eigenvalue weighted by molar-refractivity contribution is 7.85. The van der Waals surface area contributed by atoms with Crippen LogP contribution in [0.5, 0.6) is 0 Å². The molecule has 0 bridgehead atoms. The lowest BCUT2D eigenvalue weighted by Crippen LogP contribution is -2.49. The summed E-state index contributed by atoms with van der Waals surface area (Å²) in [6, 6.07) is 3.32. The van der Waals surface area contributed by atoms with Gasteiger partial charge in [0.2, 0.25) is 6.08 Å². The number of nitrogens with zero attached hydrogens (tertiary/aromatic N) is 2. The second-order valence-corrected chi connectivity index (χ2v) is 11.7. The molecule has 9 nitrogen and oxygen atoms in total. The molecule has 0 spiro atoms. The molecule has 178 valence electrons. The van der Waals surface area contributed by atoms with Crippen LogP contribution in [0.1, 0.15) is 57.8 Å². The highest BCUT2D eigenvalue weighted by atomic mass is 32.2. The highest BCUT2D eigenvalue weighted by Crippen LogP contribution is 2.46. The Morgan fingerprint density at radius 3 is 2.44 bits per heavy atom. The highest BCUT2D eigenvalue weighted by Gasteiger charge is 2.41. The predicted molar refractivity (Wildman–Crippen MR) is 122 cm³/mol. The maximum absolute atomic E-state index is 12.7. The summed E-state index contributed by atoms with van der Waals surface area (Å²) < 4.78 is 32.7. The van der Waals surface area contributed by atoms with Crippen molar-refractivity contribution in [2.24, 2.45) is 15.8 Å². The lowest BCUT2D eigenvalue weighted by molar-refractivity contribution is -0.708. The van der Waals surface area contributed by atoms with Crippen LogP contribution in [0.15, 0.2) is 17.1 Å². The maximum atomic E-state index is 12.7. The van der Waals surface area contributed by atoms with Crippen molar-refractivity contribution in [3.8, 4) is 0 Å². The number of carbonyl (C=O) groups is 1. The van der Waals surface area contributed by atoms with Crippen molar-refractivity contribution in [1.29, 1.82) is 0 Å². The number of aromatic nitrogens is 1. The van der Waals surface area contributed by atoms with Gasteiger partial charge in [0.05, 0.1) is 18.0 Å². The number of aryl methyl sites for hydroxylation is 2. The number of nitrogens with one attached hydrogen (secondary N) is 2. The van der Waals surface area contributed by atoms with Crippen molar-refractivity contribution < 1.29 is 27.1 Å². The van der Waals surface area contributed by atoms with Crippen LogP contribution in [0, 0.1) is 24.7 Å². The van der Waals surface area contributed by atoms with Crippen molar-refractivity contribution >= 4 is 27.9 Å². The smallest absolute Gasteiger partial charge is 0.319 e. The van der Waals surface area contributed by atoms with E-state index in [2.05, 4.69) is 36.4 Å². The van der Waals surface area contributed by atoms with Gasteiger partial charge in [-0.05, 0) is 30.1 Å². The second kappa shape index (κ2) is 10.1. The van der Waals surface area contributed by atoms with Crippen molar-refractivity contribution in [1.82, 2.24) is 5.32 Å². The van der Waals surface area contributed by atoms with Crippen LogP contribution in [0.2, 0.25) is 0 Å². The van der Waals surface area contributed by atoms with Gasteiger partial charge in [0, 0.05) is 38.4 Å². The molecule has 1 heterocycles. The van der Waals surface area contributed by atoms with E-state index in [0.29, 0.717) is 25.2 Å². The van der Waals surface area contributed by atoms with Crippen LogP contribution in [-0.2, 0) is 21.5 Å². The van der Waals surface area contributed by atoms with Gasteiger partial charge in [-0.2, -0.15) is 8.42 Å². The Labute approximate surface area is 190 Å². The lowest BCUT2D eigenvalue weighted by atomic mass is 9.62. The molecule has 1 aromatic rings. The predicted octanol–water partition coefficient (Wildman–Crippen LogP) is 2.91. The molecule has 0 aromatic carbocycles. The topological polar surface area (TPSA) is 129 Å². The first-order valence-electron chi connectivity index (χ1n) is 10.8. The zero-order chi connectivity index (χ0) is 24.2. The molecule has 2 amide bonds. The van der Waals surface area contributed by atoms with E-state index >= 15 is 0 Å². The summed E-state index contributed by atoms with van der Waals surface area (Å²) in [4.78, 5) is 27.1. The molecule has 3 N–H and O–H groups in total. The van der Waals surface area contributed by atoms with Crippen LogP contribution in [0.3, 0.4) is 0 Å². The summed E-state index contributed by atoms with van der Waals surface area (Å²) in [5.74, 6) is -0.296. The average molecular weight is 468 g/mol. The van der Waals surface area contributed by atoms with Crippen molar-refractivity contribution in [2.45, 2.75) is 72.9 Å². The van der Waals surface area contributed by atoms with Gasteiger partial charge in [-0.3, -0.25) is 4.55 Å². The number of hydrogen-bond acceptors (Lipinski definition) is 5. The van der Waals surface area contributed by atoms with Gasteiger partial charge in [0.1, 0.15) is 6.54 Å². The number of pyridine rings is 1. The van der Waals surface area contributed by atoms with Gasteiger partial charge in [-0.15, -0.1) is 0 Å². The Morgan fingerprint density at radius 1 is 1.25 bits per heavy atom. The first-order chi connectivity index (χ1) is 14.7. The molecular formula is C22H35N4O5S+. The largest absolute Gasteiger partial charge is 0.335 e. The molecule has 2 atom stereocenters. The molecule has 0 aliphatic heterocycles. The van der Waals surface area contributed by atoms with Gasteiger partial charge in [0.25, 0.3) is 10.1 Å². The molecule has 1 saturated carbocycles. The van der Waals surface area contributed by atoms with E-state index in [1.807, 2.05) is 30.5 Å². The summed E-state index contributed by atoms with van der Waals surface area (Å²) in [5.41, 5.74) is 2.22. The van der Waals surface area contributed by atoms with Gasteiger partial charge >= 0.3 is 6.03 Å². The second-order valence-electron chi connectivity index (χ2n) is 10.1. The first-order valence-corrected chi connectivity index (χ1v) is 12.4. The fourth-order valence-corrected chi connectivity index (χ4v) is 5.68. The summed E-state index contributed by atoms with van der Waals surface area (Å²) >= 11 is 0. The molecule has 1 aromatic heterocycles. The molecule has 0 saturated heterocycles. The fourth-order valence-electron chi connectivity index (χ4n) is 5.19. The van der Waals surface area contributed by atoms with Crippen LogP contribution < -0.4 is 15.2 Å². The number of hydrogen-bond donors (Lipinski definition) is 3. The molecule has 1 aliphatic rings. The summed E-state index contributed by atoms with van der Waals surface area (Å²) in [6.07, 6.45) is 4.40. The van der Waals surface area contributed by atoms with E-state index < -0.39 is 10.1 Å². The van der Waals surface area contributed by atoms with E-state index in [-0.39, 0.29) is 28.7 Å². The number of rotatable bonds is 8. The Bertz CT molecular complexity index is 979. The minimum atomic E-state index is -3.98. The number of anilines is 1. The molecule has 2 rings (SSSR count). The van der Waals surface area contributed by atoms with Crippen molar-refractivity contribution in [2.75, 3.05) is 17.6 Å². The van der Waals surface area contributed by atoms with E-state index in [9.17, 15) is 18.0 Å². The summed E-state index contributed by atoms with van der Waals surface area (Å²) in [7, 11) is -3.98. The number of urea groups is 1. The summed E-state index contributed by atoms with van der Waals surface area (Å²) in [6.45, 7) is 11.0. The minimum Gasteiger partial charge on any atom is -0.335 e. The third kappa shape index (κ3) is 8.00. The van der Waals surface area contributed by atoms with Crippen molar-refractivity contribution in [3.05, 3.63) is 23.5 Å². The summed E-state index contributed by atoms with van der Waals surface area (Å²) in [5, 5.41) is 5.96. The lowest BCUT2D eigenvalue weighted by Gasteiger charge is -2.46. The normalized spacial score (nSPS) is 22.6. The monoisotopic (exact) mass is 467 g/mol. The molecular weight excluding hydrogens is 432 g/mol. The third-order valence-corrected chi connectivity index (χ3v) is 6.73. The standard InChI is InChI=1S/C22H34N4O5S/c1-16-9-18(10-17(2)26(16)7-6-8-32(29,30)31)24-20(28)25-19-11-21(3,4)13-22(5,12-19)14-23-15-27/h9-10,19H,6-8,11-14H2,1-5H3,(H2,25,28,29,30,31)/p+1. The molecule has 0 radical (unpaired) electrons. The van der Waals surface area contributed by atoms with Crippen molar-refractivity contribution in [3.63, 3.8) is 0 Å². The SMILES string of the molecule is Cc1cc(NC(=O)NC2CC(C)(C)CC(C)(CN=C=O)C2)cc(C)[n+]1CCCS(=O)(=O)O. The van der Waals surface area contributed by atoms with Crippen LogP contribution in [0.4, 0.5) is 10.5 Å². The van der Waals surface area contributed by atoms with Crippen LogP contribution in [-0.4, -0.2) is 43.4 Å². The molecule has 10 heteroatoms. The van der Waals surface area contributed by atoms with E-state index in [1.165, 1.54) is 0 Å². The molecule has 1 fully saturated rings. The number of isocyanates is 1. The maximum Gasteiger partial charge on any atom is 0.319 e. The van der Waals surface area contributed by atoms with Gasteiger partial charge in [0.15, 0.2) is 11.4 Å². The minimum absolute atomic E-state index is 0.0108. The zero-order valence-electron chi connectivity index (χ0n) is 19.6. The Kier molecular flexibility index (Phi) is 8.20. The number of carbonyl (C=O) groups excluding carboxylic acids is 2. The zero-order valence-corrected chi connectivity index (χ0v) is 20.4. The number of aliphatic imine (C=N–C) groups is 1. The van der Waals surface area contributed by atoms with E-state index in [4.69, 9.17) is 4.55 Å². The average Bonchev–Trinajstić information content (AvgIpc) is 2.59. The Balaban J connectivity index is 2.03. The fraction of sp³-hybridized carbons (Fsp3) is 0.682. The third-order valence-electron chi connectivity index (χ3n) is 5.93. The van der Waals surface area contributed by atoms with Crippen LogP contribution in [0.25, 0.3) is 0 Å². The van der Waals surface area contributed by atoms with Crippen LogP contribution >= 0.6 is 0 Å².